The number of rotatable bonds is 3. The number of nitrogens with two attached hydrogens (primary N) is 1. The van der Waals surface area contributed by atoms with Gasteiger partial charge < -0.3 is 10.5 Å². The molecular formula is C12H9Cl2N3O. The van der Waals surface area contributed by atoms with Gasteiger partial charge >= 0.3 is 0 Å². The van der Waals surface area contributed by atoms with E-state index in [0.29, 0.717) is 27.1 Å². The maximum atomic E-state index is 7.44. The van der Waals surface area contributed by atoms with Crippen LogP contribution in [0.1, 0.15) is 5.56 Å². The highest BCUT2D eigenvalue weighted by molar-refractivity contribution is 6.42. The lowest BCUT2D eigenvalue weighted by Gasteiger charge is -2.09. The third-order valence-electron chi connectivity index (χ3n) is 2.19. The summed E-state index contributed by atoms with van der Waals surface area (Å²) in [4.78, 5) is 3.93. The second-order valence-electron chi connectivity index (χ2n) is 3.46. The maximum Gasteiger partial charge on any atom is 0.156 e. The number of hydrogen-bond donors (Lipinski definition) is 2. The molecule has 2 rings (SSSR count). The van der Waals surface area contributed by atoms with Crippen LogP contribution in [0.25, 0.3) is 0 Å². The van der Waals surface area contributed by atoms with Crippen molar-refractivity contribution in [1.82, 2.24) is 4.98 Å². The van der Waals surface area contributed by atoms with E-state index in [0.717, 1.165) is 0 Å². The van der Waals surface area contributed by atoms with Crippen molar-refractivity contribution in [3.8, 4) is 11.5 Å². The summed E-state index contributed by atoms with van der Waals surface area (Å²) < 4.78 is 5.58. The van der Waals surface area contributed by atoms with Gasteiger partial charge in [0, 0.05) is 12.3 Å². The minimum Gasteiger partial charge on any atom is -0.455 e. The van der Waals surface area contributed by atoms with Crippen LogP contribution in [0.15, 0.2) is 36.7 Å². The van der Waals surface area contributed by atoms with Gasteiger partial charge in [0.15, 0.2) is 5.75 Å². The average Bonchev–Trinajstić information content (AvgIpc) is 2.34. The fraction of sp³-hybridized carbons (Fsp3) is 0. The van der Waals surface area contributed by atoms with Crippen molar-refractivity contribution in [3.05, 3.63) is 52.3 Å². The number of aromatic nitrogens is 1. The van der Waals surface area contributed by atoms with E-state index in [2.05, 4.69) is 4.98 Å². The largest absolute Gasteiger partial charge is 0.455 e. The van der Waals surface area contributed by atoms with Crippen molar-refractivity contribution in [1.29, 1.82) is 5.41 Å². The standard InChI is InChI=1S/C12H9Cl2N3O/c13-9-2-1-7(5-10(9)14)18-11-6-17-4-3-8(11)12(15)16/h1-6H,(H3,15,16). The van der Waals surface area contributed by atoms with E-state index >= 15 is 0 Å². The molecule has 0 atom stereocenters. The first-order chi connectivity index (χ1) is 8.58. The Kier molecular flexibility index (Phi) is 3.69. The van der Waals surface area contributed by atoms with Crippen LogP contribution in [0.2, 0.25) is 10.0 Å². The highest BCUT2D eigenvalue weighted by atomic mass is 35.5. The Morgan fingerprint density at radius 3 is 2.67 bits per heavy atom. The molecule has 4 nitrogen and oxygen atoms in total. The van der Waals surface area contributed by atoms with Crippen molar-refractivity contribution in [2.24, 2.45) is 5.73 Å². The fourth-order valence-electron chi connectivity index (χ4n) is 1.35. The number of benzene rings is 1. The van der Waals surface area contributed by atoms with E-state index < -0.39 is 0 Å². The van der Waals surface area contributed by atoms with Crippen molar-refractivity contribution in [2.45, 2.75) is 0 Å². The van der Waals surface area contributed by atoms with E-state index in [9.17, 15) is 0 Å². The molecule has 3 N–H and O–H groups in total. The molecule has 0 spiro atoms. The molecule has 0 saturated heterocycles. The Hall–Kier alpha value is -1.78. The normalized spacial score (nSPS) is 10.1. The SMILES string of the molecule is N=C(N)c1ccncc1Oc1ccc(Cl)c(Cl)c1. The van der Waals surface area contributed by atoms with Gasteiger partial charge in [0.05, 0.1) is 21.8 Å². The van der Waals surface area contributed by atoms with Gasteiger partial charge in [-0.15, -0.1) is 0 Å². The Morgan fingerprint density at radius 2 is 2.00 bits per heavy atom. The van der Waals surface area contributed by atoms with Crippen LogP contribution < -0.4 is 10.5 Å². The molecule has 0 unspecified atom stereocenters. The molecule has 0 bridgehead atoms. The van der Waals surface area contributed by atoms with Gasteiger partial charge in [-0.3, -0.25) is 10.4 Å². The first-order valence-corrected chi connectivity index (χ1v) is 5.75. The highest BCUT2D eigenvalue weighted by Crippen LogP contribution is 2.30. The van der Waals surface area contributed by atoms with Gasteiger partial charge in [-0.05, 0) is 18.2 Å². The number of halogens is 2. The monoisotopic (exact) mass is 281 g/mol. The summed E-state index contributed by atoms with van der Waals surface area (Å²) >= 11 is 11.7. The molecule has 0 saturated carbocycles. The molecule has 0 radical (unpaired) electrons. The minimum absolute atomic E-state index is 0.0903. The third kappa shape index (κ3) is 2.72. The third-order valence-corrected chi connectivity index (χ3v) is 2.93. The van der Waals surface area contributed by atoms with Crippen molar-refractivity contribution < 1.29 is 4.74 Å². The van der Waals surface area contributed by atoms with Crippen molar-refractivity contribution in [3.63, 3.8) is 0 Å². The Bertz CT molecular complexity index is 602. The second kappa shape index (κ2) is 5.25. The molecule has 0 amide bonds. The Balaban J connectivity index is 2.34. The number of ether oxygens (including phenoxy) is 1. The van der Waals surface area contributed by atoms with Crippen LogP contribution in [0, 0.1) is 5.41 Å². The fourth-order valence-corrected chi connectivity index (χ4v) is 1.64. The van der Waals surface area contributed by atoms with Gasteiger partial charge in [-0.1, -0.05) is 23.2 Å². The minimum atomic E-state index is -0.0903. The quantitative estimate of drug-likeness (QED) is 0.668. The average molecular weight is 282 g/mol. The highest BCUT2D eigenvalue weighted by Gasteiger charge is 2.08. The van der Waals surface area contributed by atoms with E-state index in [1.807, 2.05) is 0 Å². The van der Waals surface area contributed by atoms with E-state index in [1.54, 1.807) is 30.5 Å². The molecule has 1 aromatic carbocycles. The summed E-state index contributed by atoms with van der Waals surface area (Å²) in [5.41, 5.74) is 5.92. The summed E-state index contributed by atoms with van der Waals surface area (Å²) in [7, 11) is 0. The molecule has 0 aliphatic rings. The van der Waals surface area contributed by atoms with Gasteiger partial charge in [-0.25, -0.2) is 0 Å². The van der Waals surface area contributed by atoms with Crippen LogP contribution >= 0.6 is 23.2 Å². The summed E-state index contributed by atoms with van der Waals surface area (Å²) in [6.45, 7) is 0. The van der Waals surface area contributed by atoms with Crippen LogP contribution in [-0.2, 0) is 0 Å². The second-order valence-corrected chi connectivity index (χ2v) is 4.28. The molecule has 1 aromatic heterocycles. The predicted molar refractivity (Wildman–Crippen MR) is 71.8 cm³/mol. The molecule has 0 aliphatic carbocycles. The lowest BCUT2D eigenvalue weighted by molar-refractivity contribution is 0.479. The Labute approximate surface area is 114 Å². The van der Waals surface area contributed by atoms with Crippen LogP contribution in [0.3, 0.4) is 0 Å². The molecule has 18 heavy (non-hydrogen) atoms. The molecule has 0 aliphatic heterocycles. The van der Waals surface area contributed by atoms with Crippen LogP contribution in [0.4, 0.5) is 0 Å². The smallest absolute Gasteiger partial charge is 0.156 e. The first kappa shape index (κ1) is 12.7. The summed E-state index contributed by atoms with van der Waals surface area (Å²) in [6, 6.07) is 6.49. The van der Waals surface area contributed by atoms with Crippen molar-refractivity contribution in [2.75, 3.05) is 0 Å². The van der Waals surface area contributed by atoms with E-state index in [1.165, 1.54) is 6.20 Å². The number of hydrogen-bond acceptors (Lipinski definition) is 3. The molecular weight excluding hydrogens is 273 g/mol. The van der Waals surface area contributed by atoms with Gasteiger partial charge in [0.25, 0.3) is 0 Å². The predicted octanol–water partition coefficient (Wildman–Crippen LogP) is 3.46. The van der Waals surface area contributed by atoms with Gasteiger partial charge in [0.2, 0.25) is 0 Å². The summed E-state index contributed by atoms with van der Waals surface area (Å²) in [6.07, 6.45) is 3.03. The topological polar surface area (TPSA) is 72.0 Å². The zero-order chi connectivity index (χ0) is 13.1. The van der Waals surface area contributed by atoms with Crippen LogP contribution in [0.5, 0.6) is 11.5 Å². The number of nitrogens with zero attached hydrogens (tertiary/aromatic N) is 1. The van der Waals surface area contributed by atoms with E-state index in [4.69, 9.17) is 39.1 Å². The number of amidine groups is 1. The van der Waals surface area contributed by atoms with Gasteiger partial charge in [0.1, 0.15) is 11.6 Å². The molecule has 1 heterocycles. The molecule has 6 heteroatoms. The van der Waals surface area contributed by atoms with Crippen LogP contribution in [-0.4, -0.2) is 10.8 Å². The zero-order valence-electron chi connectivity index (χ0n) is 9.15. The number of nitrogens with one attached hydrogen (secondary N) is 1. The van der Waals surface area contributed by atoms with Gasteiger partial charge in [-0.2, -0.15) is 0 Å². The molecule has 0 fully saturated rings. The van der Waals surface area contributed by atoms with E-state index in [-0.39, 0.29) is 5.84 Å². The number of pyridine rings is 1. The molecule has 92 valence electrons. The lowest BCUT2D eigenvalue weighted by atomic mass is 10.2. The molecule has 2 aromatic rings. The zero-order valence-corrected chi connectivity index (χ0v) is 10.7. The summed E-state index contributed by atoms with van der Waals surface area (Å²) in [5, 5.41) is 8.28. The first-order valence-electron chi connectivity index (χ1n) is 4.99. The Morgan fingerprint density at radius 1 is 1.22 bits per heavy atom. The lowest BCUT2D eigenvalue weighted by Crippen LogP contribution is -2.12. The number of nitrogen functional groups attached to an aromatic ring is 1. The summed E-state index contributed by atoms with van der Waals surface area (Å²) in [5.74, 6) is 0.802. The van der Waals surface area contributed by atoms with Crippen molar-refractivity contribution >= 4 is 29.0 Å². The maximum absolute atomic E-state index is 7.44.